The quantitative estimate of drug-likeness (QED) is 0.348. The van der Waals surface area contributed by atoms with Gasteiger partial charge in [0.05, 0.1) is 18.9 Å². The van der Waals surface area contributed by atoms with Crippen LogP contribution in [0.5, 0.6) is 0 Å². The molecule has 6 nitrogen and oxygen atoms in total. The molecule has 124 valence electrons. The van der Waals surface area contributed by atoms with Crippen LogP contribution in [0.1, 0.15) is 37.7 Å². The Morgan fingerprint density at radius 2 is 2.04 bits per heavy atom. The van der Waals surface area contributed by atoms with Gasteiger partial charge in [-0.05, 0) is 25.3 Å². The minimum Gasteiger partial charge on any atom is -0.466 e. The first kappa shape index (κ1) is 17.1. The fourth-order valence-corrected chi connectivity index (χ4v) is 3.54. The molecule has 0 saturated heterocycles. The van der Waals surface area contributed by atoms with Crippen LogP contribution in [-0.2, 0) is 14.3 Å². The lowest BCUT2D eigenvalue weighted by Gasteiger charge is -2.35. The lowest BCUT2D eigenvalue weighted by molar-refractivity contribution is -0.540. The number of hydrogen-bond acceptors (Lipinski definition) is 5. The van der Waals surface area contributed by atoms with Crippen molar-refractivity contribution in [2.45, 2.75) is 38.1 Å². The molecule has 0 amide bonds. The van der Waals surface area contributed by atoms with E-state index in [1.807, 2.05) is 30.3 Å². The first-order chi connectivity index (χ1) is 11.1. The Labute approximate surface area is 135 Å². The van der Waals surface area contributed by atoms with Crippen LogP contribution >= 0.6 is 0 Å². The predicted molar refractivity (Wildman–Crippen MR) is 83.5 cm³/mol. The second kappa shape index (κ2) is 7.85. The van der Waals surface area contributed by atoms with E-state index < -0.39 is 29.8 Å². The lowest BCUT2D eigenvalue weighted by Crippen LogP contribution is -2.44. The summed E-state index contributed by atoms with van der Waals surface area (Å²) >= 11 is 0. The molecule has 0 bridgehead atoms. The molecule has 1 saturated carbocycles. The van der Waals surface area contributed by atoms with Crippen molar-refractivity contribution in [1.29, 1.82) is 0 Å². The average molecular weight is 319 g/mol. The molecule has 4 atom stereocenters. The van der Waals surface area contributed by atoms with Crippen LogP contribution in [0.2, 0.25) is 0 Å². The Balaban J connectivity index is 2.31. The van der Waals surface area contributed by atoms with Crippen molar-refractivity contribution in [2.75, 3.05) is 6.61 Å². The van der Waals surface area contributed by atoms with Crippen LogP contribution in [0.25, 0.3) is 0 Å². The summed E-state index contributed by atoms with van der Waals surface area (Å²) in [6.45, 7) is 1.96. The summed E-state index contributed by atoms with van der Waals surface area (Å²) in [5, 5.41) is 11.7. The first-order valence-corrected chi connectivity index (χ1v) is 7.87. The summed E-state index contributed by atoms with van der Waals surface area (Å²) in [4.78, 5) is 34.5. The van der Waals surface area contributed by atoms with Gasteiger partial charge in [0.1, 0.15) is 6.29 Å². The van der Waals surface area contributed by atoms with Gasteiger partial charge in [-0.1, -0.05) is 30.3 Å². The highest BCUT2D eigenvalue weighted by Gasteiger charge is 2.48. The number of nitro groups is 1. The molecule has 1 aliphatic carbocycles. The number of rotatable bonds is 6. The molecule has 0 N–H and O–H groups in total. The third-order valence-electron chi connectivity index (χ3n) is 4.52. The van der Waals surface area contributed by atoms with Gasteiger partial charge in [-0.15, -0.1) is 0 Å². The van der Waals surface area contributed by atoms with E-state index in [9.17, 15) is 19.7 Å². The van der Waals surface area contributed by atoms with E-state index >= 15 is 0 Å². The van der Waals surface area contributed by atoms with Crippen LogP contribution < -0.4 is 0 Å². The van der Waals surface area contributed by atoms with Gasteiger partial charge in [0.15, 0.2) is 0 Å². The summed E-state index contributed by atoms with van der Waals surface area (Å²) in [7, 11) is 0. The van der Waals surface area contributed by atoms with E-state index in [4.69, 9.17) is 4.74 Å². The van der Waals surface area contributed by atoms with E-state index in [2.05, 4.69) is 0 Å². The largest absolute Gasteiger partial charge is 0.466 e. The Morgan fingerprint density at radius 3 is 2.61 bits per heavy atom. The number of benzene rings is 1. The van der Waals surface area contributed by atoms with Crippen molar-refractivity contribution in [3.05, 3.63) is 46.0 Å². The number of carbonyl (C=O) groups excluding carboxylic acids is 2. The van der Waals surface area contributed by atoms with E-state index in [1.54, 1.807) is 6.92 Å². The van der Waals surface area contributed by atoms with Gasteiger partial charge in [0.25, 0.3) is 0 Å². The van der Waals surface area contributed by atoms with E-state index in [1.165, 1.54) is 0 Å². The standard InChI is InChI=1S/C17H21NO5/c1-2-23-15(20)10-13-8-9-14(11-19)16(17(13)18(21)22)12-6-4-3-5-7-12/h3-7,11,13-14,16-17H,2,8-10H2,1H3/t13-,14-,16-,17-/m1/s1. The van der Waals surface area contributed by atoms with Crippen LogP contribution in [-0.4, -0.2) is 29.8 Å². The van der Waals surface area contributed by atoms with Crippen molar-refractivity contribution in [1.82, 2.24) is 0 Å². The molecule has 0 spiro atoms. The normalized spacial score (nSPS) is 27.2. The summed E-state index contributed by atoms with van der Waals surface area (Å²) in [5.41, 5.74) is 0.778. The van der Waals surface area contributed by atoms with Gasteiger partial charge >= 0.3 is 5.97 Å². The number of hydrogen-bond donors (Lipinski definition) is 0. The van der Waals surface area contributed by atoms with Gasteiger partial charge in [-0.25, -0.2) is 0 Å². The minimum atomic E-state index is -0.953. The maximum atomic E-state index is 11.8. The zero-order chi connectivity index (χ0) is 16.8. The fraction of sp³-hybridized carbons (Fsp3) is 0.529. The monoisotopic (exact) mass is 319 g/mol. The first-order valence-electron chi connectivity index (χ1n) is 7.87. The van der Waals surface area contributed by atoms with Crippen LogP contribution in [0.15, 0.2) is 30.3 Å². The lowest BCUT2D eigenvalue weighted by atomic mass is 9.67. The Morgan fingerprint density at radius 1 is 1.35 bits per heavy atom. The second-order valence-electron chi connectivity index (χ2n) is 5.86. The average Bonchev–Trinajstić information content (AvgIpc) is 2.55. The predicted octanol–water partition coefficient (Wildman–Crippen LogP) is 2.59. The van der Waals surface area contributed by atoms with Crippen molar-refractivity contribution >= 4 is 12.3 Å². The van der Waals surface area contributed by atoms with Gasteiger partial charge in [0, 0.05) is 16.8 Å². The number of aldehydes is 1. The zero-order valence-electron chi connectivity index (χ0n) is 13.1. The summed E-state index contributed by atoms with van der Waals surface area (Å²) in [5.74, 6) is -1.73. The van der Waals surface area contributed by atoms with Crippen molar-refractivity contribution < 1.29 is 19.2 Å². The van der Waals surface area contributed by atoms with E-state index in [-0.39, 0.29) is 18.0 Å². The minimum absolute atomic E-state index is 0.0222. The highest BCUT2D eigenvalue weighted by Crippen LogP contribution is 2.42. The molecule has 1 aromatic carbocycles. The molecule has 1 fully saturated rings. The maximum Gasteiger partial charge on any atom is 0.306 e. The Bertz CT molecular complexity index is 559. The molecule has 2 rings (SSSR count). The molecule has 23 heavy (non-hydrogen) atoms. The van der Waals surface area contributed by atoms with Crippen molar-refractivity contribution in [3.63, 3.8) is 0 Å². The SMILES string of the molecule is CCOC(=O)C[C@H]1CC[C@H](C=O)[C@@H](c2ccccc2)[C@@H]1[N+](=O)[O-]. The molecule has 1 aliphatic rings. The van der Waals surface area contributed by atoms with Crippen LogP contribution in [0.3, 0.4) is 0 Å². The Kier molecular flexibility index (Phi) is 5.84. The van der Waals surface area contributed by atoms with Gasteiger partial charge in [-0.2, -0.15) is 0 Å². The molecule has 0 unspecified atom stereocenters. The van der Waals surface area contributed by atoms with E-state index in [0.29, 0.717) is 12.8 Å². The van der Waals surface area contributed by atoms with E-state index in [0.717, 1.165) is 11.8 Å². The third kappa shape index (κ3) is 3.94. The zero-order valence-corrected chi connectivity index (χ0v) is 13.1. The fourth-order valence-electron chi connectivity index (χ4n) is 3.54. The van der Waals surface area contributed by atoms with Gasteiger partial charge in [0.2, 0.25) is 6.04 Å². The number of ether oxygens (including phenoxy) is 1. The summed E-state index contributed by atoms with van der Waals surface area (Å²) in [6.07, 6.45) is 1.87. The highest BCUT2D eigenvalue weighted by atomic mass is 16.6. The number of nitrogens with zero attached hydrogens (tertiary/aromatic N) is 1. The molecule has 0 heterocycles. The summed E-state index contributed by atoms with van der Waals surface area (Å²) < 4.78 is 4.94. The third-order valence-corrected chi connectivity index (χ3v) is 4.52. The van der Waals surface area contributed by atoms with Crippen LogP contribution in [0, 0.1) is 22.0 Å². The van der Waals surface area contributed by atoms with Crippen molar-refractivity contribution in [2.24, 2.45) is 11.8 Å². The van der Waals surface area contributed by atoms with Crippen LogP contribution in [0.4, 0.5) is 0 Å². The molecule has 0 aliphatic heterocycles. The number of carbonyl (C=O) groups is 2. The second-order valence-corrected chi connectivity index (χ2v) is 5.86. The maximum absolute atomic E-state index is 11.8. The van der Waals surface area contributed by atoms with Gasteiger partial charge in [-0.3, -0.25) is 14.9 Å². The molecule has 0 radical (unpaired) electrons. The molecule has 1 aromatic rings. The molecule has 0 aromatic heterocycles. The molecular formula is C17H21NO5. The summed E-state index contributed by atoms with van der Waals surface area (Å²) in [6, 6.07) is 8.12. The highest BCUT2D eigenvalue weighted by molar-refractivity contribution is 5.70. The smallest absolute Gasteiger partial charge is 0.306 e. The van der Waals surface area contributed by atoms with Gasteiger partial charge < -0.3 is 9.53 Å². The topological polar surface area (TPSA) is 86.5 Å². The van der Waals surface area contributed by atoms with Crippen molar-refractivity contribution in [3.8, 4) is 0 Å². The number of esters is 1. The molecule has 6 heteroatoms. The Hall–Kier alpha value is -2.24. The molecular weight excluding hydrogens is 298 g/mol.